The van der Waals surface area contributed by atoms with E-state index in [9.17, 15) is 4.79 Å². The Labute approximate surface area is 67.9 Å². The highest BCUT2D eigenvalue weighted by atomic mass is 16.5. The van der Waals surface area contributed by atoms with Gasteiger partial charge in [0.05, 0.1) is 13.5 Å². The third-order valence-corrected chi connectivity index (χ3v) is 2.20. The van der Waals surface area contributed by atoms with Gasteiger partial charge in [-0.25, -0.2) is 0 Å². The van der Waals surface area contributed by atoms with Crippen LogP contribution < -0.4 is 0 Å². The van der Waals surface area contributed by atoms with Crippen molar-refractivity contribution in [3.05, 3.63) is 6.92 Å². The summed E-state index contributed by atoms with van der Waals surface area (Å²) in [5.41, 5.74) is 0. The molecule has 0 aromatic carbocycles. The molecule has 0 aromatic rings. The molecule has 0 atom stereocenters. The van der Waals surface area contributed by atoms with Crippen molar-refractivity contribution < 1.29 is 9.53 Å². The zero-order valence-electron chi connectivity index (χ0n) is 6.84. The van der Waals surface area contributed by atoms with Crippen LogP contribution in [0.2, 0.25) is 0 Å². The van der Waals surface area contributed by atoms with Crippen LogP contribution in [0.25, 0.3) is 0 Å². The second kappa shape index (κ2) is 4.37. The van der Waals surface area contributed by atoms with Crippen molar-refractivity contribution in [3.8, 4) is 0 Å². The summed E-state index contributed by atoms with van der Waals surface area (Å²) in [6, 6.07) is 0. The lowest BCUT2D eigenvalue weighted by Crippen LogP contribution is -2.15. The van der Waals surface area contributed by atoms with E-state index in [1.165, 1.54) is 32.1 Å². The Morgan fingerprint density at radius 1 is 1.36 bits per heavy atom. The zero-order chi connectivity index (χ0) is 8.10. The number of carbonyl (C=O) groups is 1. The van der Waals surface area contributed by atoms with E-state index in [0.717, 1.165) is 0 Å². The van der Waals surface area contributed by atoms with Crippen molar-refractivity contribution in [1.82, 2.24) is 0 Å². The summed E-state index contributed by atoms with van der Waals surface area (Å²) >= 11 is 0. The normalized spacial score (nSPS) is 19.7. The fourth-order valence-corrected chi connectivity index (χ4v) is 1.56. The van der Waals surface area contributed by atoms with E-state index in [-0.39, 0.29) is 0 Å². The van der Waals surface area contributed by atoms with E-state index < -0.39 is 5.97 Å². The number of rotatable bonds is 2. The maximum Gasteiger partial charge on any atom is 0.306 e. The van der Waals surface area contributed by atoms with E-state index in [2.05, 4.69) is 6.92 Å². The molecule has 0 heterocycles. The van der Waals surface area contributed by atoms with Gasteiger partial charge in [0, 0.05) is 0 Å². The number of ether oxygens (including phenoxy) is 1. The van der Waals surface area contributed by atoms with Crippen LogP contribution in [-0.4, -0.2) is 12.6 Å². The van der Waals surface area contributed by atoms with Crippen molar-refractivity contribution in [2.24, 2.45) is 5.92 Å². The molecule has 1 aliphatic rings. The third-order valence-electron chi connectivity index (χ3n) is 2.20. The molecule has 1 saturated carbocycles. The topological polar surface area (TPSA) is 26.3 Å². The zero-order valence-corrected chi connectivity index (χ0v) is 6.84. The van der Waals surface area contributed by atoms with Crippen molar-refractivity contribution in [2.75, 3.05) is 6.61 Å². The summed E-state index contributed by atoms with van der Waals surface area (Å²) in [6.07, 6.45) is 6.36. The average molecular weight is 155 g/mol. The van der Waals surface area contributed by atoms with Crippen LogP contribution in [0.5, 0.6) is 0 Å². The highest BCUT2D eigenvalue weighted by molar-refractivity contribution is 5.73. The SMILES string of the molecule is [CH2]C(=O)OCC1CCCCC1. The van der Waals surface area contributed by atoms with Crippen molar-refractivity contribution in [2.45, 2.75) is 32.1 Å². The molecule has 0 unspecified atom stereocenters. The summed E-state index contributed by atoms with van der Waals surface area (Å²) in [4.78, 5) is 10.4. The van der Waals surface area contributed by atoms with Gasteiger partial charge in [-0.15, -0.1) is 0 Å². The molecule has 2 nitrogen and oxygen atoms in total. The number of hydrogen-bond acceptors (Lipinski definition) is 2. The van der Waals surface area contributed by atoms with Gasteiger partial charge in [-0.3, -0.25) is 4.79 Å². The molecule has 0 aliphatic heterocycles. The van der Waals surface area contributed by atoms with E-state index in [1.54, 1.807) is 0 Å². The average Bonchev–Trinajstić information content (AvgIpc) is 2.03. The Balaban J connectivity index is 2.09. The Morgan fingerprint density at radius 3 is 2.55 bits per heavy atom. The fourth-order valence-electron chi connectivity index (χ4n) is 1.56. The van der Waals surface area contributed by atoms with Gasteiger partial charge in [-0.2, -0.15) is 0 Å². The number of hydrogen-bond donors (Lipinski definition) is 0. The first-order chi connectivity index (χ1) is 5.29. The smallest absolute Gasteiger partial charge is 0.306 e. The minimum atomic E-state index is -0.393. The van der Waals surface area contributed by atoms with Crippen molar-refractivity contribution in [3.63, 3.8) is 0 Å². The molecular formula is C9H15O2. The molecule has 1 aliphatic carbocycles. The fraction of sp³-hybridized carbons (Fsp3) is 0.778. The van der Waals surface area contributed by atoms with E-state index in [4.69, 9.17) is 4.74 Å². The minimum Gasteiger partial charge on any atom is -0.465 e. The number of esters is 1. The Bertz CT molecular complexity index is 126. The van der Waals surface area contributed by atoms with Gasteiger partial charge in [0.2, 0.25) is 0 Å². The maximum atomic E-state index is 10.4. The second-order valence-corrected chi connectivity index (χ2v) is 3.19. The van der Waals surface area contributed by atoms with Gasteiger partial charge in [0.1, 0.15) is 0 Å². The highest BCUT2D eigenvalue weighted by Crippen LogP contribution is 2.23. The predicted molar refractivity (Wildman–Crippen MR) is 42.9 cm³/mol. The molecule has 0 saturated heterocycles. The first-order valence-corrected chi connectivity index (χ1v) is 4.28. The molecule has 0 N–H and O–H groups in total. The molecule has 1 radical (unpaired) electrons. The molecular weight excluding hydrogens is 140 g/mol. The monoisotopic (exact) mass is 155 g/mol. The third kappa shape index (κ3) is 3.40. The molecule has 0 aromatic heterocycles. The van der Waals surface area contributed by atoms with Gasteiger partial charge in [0.25, 0.3) is 0 Å². The lowest BCUT2D eigenvalue weighted by Gasteiger charge is -2.20. The first-order valence-electron chi connectivity index (χ1n) is 4.28. The summed E-state index contributed by atoms with van der Waals surface area (Å²) < 4.78 is 4.83. The summed E-state index contributed by atoms with van der Waals surface area (Å²) in [5.74, 6) is 0.213. The maximum absolute atomic E-state index is 10.4. The Kier molecular flexibility index (Phi) is 3.40. The lowest BCUT2D eigenvalue weighted by atomic mass is 9.90. The van der Waals surface area contributed by atoms with Gasteiger partial charge in [-0.1, -0.05) is 19.3 Å². The largest absolute Gasteiger partial charge is 0.465 e. The number of carbonyl (C=O) groups excluding carboxylic acids is 1. The van der Waals surface area contributed by atoms with Crippen LogP contribution >= 0.6 is 0 Å². The molecule has 0 spiro atoms. The Morgan fingerprint density at radius 2 is 2.00 bits per heavy atom. The standard InChI is InChI=1S/C9H15O2/c1-8(10)11-7-9-5-3-2-4-6-9/h9H,1-7H2. The van der Waals surface area contributed by atoms with Gasteiger partial charge in [0.15, 0.2) is 0 Å². The summed E-state index contributed by atoms with van der Waals surface area (Å²) in [5, 5.41) is 0. The van der Waals surface area contributed by atoms with Crippen molar-refractivity contribution in [1.29, 1.82) is 0 Å². The summed E-state index contributed by atoms with van der Waals surface area (Å²) in [6.45, 7) is 3.75. The molecule has 0 bridgehead atoms. The Hall–Kier alpha value is -0.530. The van der Waals surface area contributed by atoms with E-state index in [0.29, 0.717) is 12.5 Å². The molecule has 1 fully saturated rings. The highest BCUT2D eigenvalue weighted by Gasteiger charge is 2.13. The predicted octanol–water partition coefficient (Wildman–Crippen LogP) is 1.94. The van der Waals surface area contributed by atoms with Crippen LogP contribution in [-0.2, 0) is 9.53 Å². The van der Waals surface area contributed by atoms with Crippen LogP contribution in [0.1, 0.15) is 32.1 Å². The quantitative estimate of drug-likeness (QED) is 0.570. The molecule has 2 heteroatoms. The van der Waals surface area contributed by atoms with Gasteiger partial charge < -0.3 is 4.74 Å². The van der Waals surface area contributed by atoms with E-state index >= 15 is 0 Å². The van der Waals surface area contributed by atoms with Gasteiger partial charge >= 0.3 is 5.97 Å². The van der Waals surface area contributed by atoms with E-state index in [1.807, 2.05) is 0 Å². The second-order valence-electron chi connectivity index (χ2n) is 3.19. The molecule has 11 heavy (non-hydrogen) atoms. The summed E-state index contributed by atoms with van der Waals surface area (Å²) in [7, 11) is 0. The van der Waals surface area contributed by atoms with Crippen molar-refractivity contribution >= 4 is 5.97 Å². The lowest BCUT2D eigenvalue weighted by molar-refractivity contribution is -0.139. The van der Waals surface area contributed by atoms with Crippen LogP contribution in [0.15, 0.2) is 0 Å². The molecule has 63 valence electrons. The molecule has 1 rings (SSSR count). The van der Waals surface area contributed by atoms with Crippen LogP contribution in [0.3, 0.4) is 0 Å². The van der Waals surface area contributed by atoms with Crippen LogP contribution in [0, 0.1) is 12.8 Å². The minimum absolute atomic E-state index is 0.393. The van der Waals surface area contributed by atoms with Crippen LogP contribution in [0.4, 0.5) is 0 Å². The van der Waals surface area contributed by atoms with Gasteiger partial charge in [-0.05, 0) is 18.8 Å². The first kappa shape index (κ1) is 8.57. The molecule has 0 amide bonds.